The monoisotopic (exact) mass is 369 g/mol. The molecule has 0 radical (unpaired) electrons. The van der Waals surface area contributed by atoms with E-state index in [0.29, 0.717) is 5.82 Å². The molecular formula is C22H19N5O. The highest BCUT2D eigenvalue weighted by molar-refractivity contribution is 5.94. The maximum absolute atomic E-state index is 9.51. The van der Waals surface area contributed by atoms with Gasteiger partial charge in [-0.25, -0.2) is 0 Å². The topological polar surface area (TPSA) is 89.0 Å². The summed E-state index contributed by atoms with van der Waals surface area (Å²) < 4.78 is 1.44. The number of anilines is 2. The highest BCUT2D eigenvalue weighted by atomic mass is 16.3. The van der Waals surface area contributed by atoms with Gasteiger partial charge < -0.3 is 10.0 Å². The van der Waals surface area contributed by atoms with Crippen molar-refractivity contribution in [3.8, 4) is 16.9 Å². The molecule has 0 bridgehead atoms. The number of hydrogen-bond acceptors (Lipinski definition) is 5. The van der Waals surface area contributed by atoms with Gasteiger partial charge in [-0.15, -0.1) is 0 Å². The average molecular weight is 369 g/mol. The minimum absolute atomic E-state index is 0.00485. The van der Waals surface area contributed by atoms with Crippen LogP contribution in [0.2, 0.25) is 0 Å². The largest absolute Gasteiger partial charge is 0.508 e. The van der Waals surface area contributed by atoms with E-state index in [9.17, 15) is 5.11 Å². The zero-order valence-electron chi connectivity index (χ0n) is 15.3. The number of rotatable bonds is 4. The van der Waals surface area contributed by atoms with Crippen molar-refractivity contribution in [2.24, 2.45) is 0 Å². The van der Waals surface area contributed by atoms with Crippen molar-refractivity contribution >= 4 is 28.7 Å². The third-order valence-electron chi connectivity index (χ3n) is 4.73. The molecule has 6 nitrogen and oxygen atoms in total. The second-order valence-corrected chi connectivity index (χ2v) is 6.43. The maximum atomic E-state index is 9.51. The van der Waals surface area contributed by atoms with Crippen LogP contribution in [0.3, 0.4) is 0 Å². The van der Waals surface area contributed by atoms with Crippen LogP contribution in [-0.4, -0.2) is 28.0 Å². The molecular weight excluding hydrogens is 350 g/mol. The van der Waals surface area contributed by atoms with E-state index in [1.807, 2.05) is 72.6 Å². The Morgan fingerprint density at radius 2 is 1.71 bits per heavy atom. The molecule has 0 saturated carbocycles. The van der Waals surface area contributed by atoms with E-state index >= 15 is 0 Å². The molecule has 0 aliphatic rings. The van der Waals surface area contributed by atoms with E-state index in [2.05, 4.69) is 4.98 Å². The molecule has 138 valence electrons. The van der Waals surface area contributed by atoms with Crippen molar-refractivity contribution in [3.05, 3.63) is 78.4 Å². The zero-order valence-corrected chi connectivity index (χ0v) is 15.3. The summed E-state index contributed by atoms with van der Waals surface area (Å²) in [6.45, 7) is 0. The predicted molar refractivity (Wildman–Crippen MR) is 111 cm³/mol. The molecule has 0 unspecified atom stereocenters. The van der Waals surface area contributed by atoms with Crippen molar-refractivity contribution in [2.45, 2.75) is 0 Å². The van der Waals surface area contributed by atoms with Crippen LogP contribution in [0, 0.1) is 10.8 Å². The molecule has 1 heterocycles. The van der Waals surface area contributed by atoms with Crippen LogP contribution in [-0.2, 0) is 0 Å². The van der Waals surface area contributed by atoms with Gasteiger partial charge in [0.25, 0.3) is 0 Å². The van der Waals surface area contributed by atoms with Crippen LogP contribution in [0.1, 0.15) is 0 Å². The lowest BCUT2D eigenvalue weighted by Gasteiger charge is -2.21. The van der Waals surface area contributed by atoms with Crippen LogP contribution in [0.25, 0.3) is 22.0 Å². The van der Waals surface area contributed by atoms with Gasteiger partial charge in [-0.2, -0.15) is 4.98 Å². The summed E-state index contributed by atoms with van der Waals surface area (Å²) >= 11 is 0. The molecule has 3 aromatic carbocycles. The van der Waals surface area contributed by atoms with E-state index in [-0.39, 0.29) is 11.4 Å². The Labute approximate surface area is 162 Å². The van der Waals surface area contributed by atoms with Gasteiger partial charge in [0.2, 0.25) is 5.62 Å². The highest BCUT2D eigenvalue weighted by Gasteiger charge is 2.13. The number of benzene rings is 3. The van der Waals surface area contributed by atoms with E-state index < -0.39 is 0 Å². The molecule has 4 aromatic rings. The first kappa shape index (κ1) is 17.5. The lowest BCUT2D eigenvalue weighted by molar-refractivity contribution is 0.475. The molecule has 4 rings (SSSR count). The predicted octanol–water partition coefficient (Wildman–Crippen LogP) is 4.11. The molecule has 0 spiro atoms. The SMILES string of the molecule is CN(c1cccc(-c2ccc(O)cc2)c1)c1nc(=N)n(C=N)c2ccccc12. The van der Waals surface area contributed by atoms with Crippen molar-refractivity contribution in [1.82, 2.24) is 9.55 Å². The summed E-state index contributed by atoms with van der Waals surface area (Å²) in [6.07, 6.45) is 1.10. The second kappa shape index (κ2) is 7.00. The molecule has 28 heavy (non-hydrogen) atoms. The first-order valence-electron chi connectivity index (χ1n) is 8.78. The highest BCUT2D eigenvalue weighted by Crippen LogP contribution is 2.31. The average Bonchev–Trinajstić information content (AvgIpc) is 2.73. The minimum atomic E-state index is 0.00485. The number of nitrogens with one attached hydrogen (secondary N) is 2. The van der Waals surface area contributed by atoms with Gasteiger partial charge >= 0.3 is 0 Å². The lowest BCUT2D eigenvalue weighted by Crippen LogP contribution is -2.26. The molecule has 0 aliphatic heterocycles. The Kier molecular flexibility index (Phi) is 4.37. The Morgan fingerprint density at radius 3 is 2.46 bits per heavy atom. The summed E-state index contributed by atoms with van der Waals surface area (Å²) in [6, 6.07) is 22.7. The Hall–Kier alpha value is -3.93. The Morgan fingerprint density at radius 1 is 0.964 bits per heavy atom. The summed E-state index contributed by atoms with van der Waals surface area (Å²) in [5.41, 5.74) is 3.71. The summed E-state index contributed by atoms with van der Waals surface area (Å²) in [5, 5.41) is 26.2. The van der Waals surface area contributed by atoms with Gasteiger partial charge in [0.05, 0.1) is 11.9 Å². The molecule has 0 fully saturated rings. The van der Waals surface area contributed by atoms with Gasteiger partial charge in [-0.3, -0.25) is 15.4 Å². The number of para-hydroxylation sites is 1. The molecule has 1 aromatic heterocycles. The second-order valence-electron chi connectivity index (χ2n) is 6.43. The molecule has 0 amide bonds. The van der Waals surface area contributed by atoms with Crippen LogP contribution < -0.4 is 10.5 Å². The maximum Gasteiger partial charge on any atom is 0.229 e. The van der Waals surface area contributed by atoms with Crippen LogP contribution >= 0.6 is 0 Å². The van der Waals surface area contributed by atoms with Gasteiger partial charge in [-0.1, -0.05) is 36.4 Å². The van der Waals surface area contributed by atoms with Crippen molar-refractivity contribution < 1.29 is 5.11 Å². The van der Waals surface area contributed by atoms with Crippen LogP contribution in [0.5, 0.6) is 5.75 Å². The van der Waals surface area contributed by atoms with Gasteiger partial charge in [0, 0.05) is 18.1 Å². The number of nitrogens with zero attached hydrogens (tertiary/aromatic N) is 3. The fourth-order valence-electron chi connectivity index (χ4n) is 3.26. The van der Waals surface area contributed by atoms with Gasteiger partial charge in [-0.05, 0) is 47.5 Å². The van der Waals surface area contributed by atoms with E-state index in [1.54, 1.807) is 12.1 Å². The van der Waals surface area contributed by atoms with Gasteiger partial charge in [0.15, 0.2) is 0 Å². The van der Waals surface area contributed by atoms with E-state index in [4.69, 9.17) is 10.8 Å². The number of aromatic nitrogens is 2. The van der Waals surface area contributed by atoms with Crippen LogP contribution in [0.4, 0.5) is 11.5 Å². The smallest absolute Gasteiger partial charge is 0.229 e. The lowest BCUT2D eigenvalue weighted by atomic mass is 10.0. The number of aromatic hydroxyl groups is 1. The summed E-state index contributed by atoms with van der Waals surface area (Å²) in [5.74, 6) is 0.890. The first-order chi connectivity index (χ1) is 13.6. The number of phenols is 1. The van der Waals surface area contributed by atoms with Crippen molar-refractivity contribution in [3.63, 3.8) is 0 Å². The van der Waals surface area contributed by atoms with Gasteiger partial charge in [0.1, 0.15) is 11.6 Å². The normalized spacial score (nSPS) is 10.8. The van der Waals surface area contributed by atoms with Crippen molar-refractivity contribution in [2.75, 3.05) is 11.9 Å². The van der Waals surface area contributed by atoms with E-state index in [0.717, 1.165) is 34.1 Å². The summed E-state index contributed by atoms with van der Waals surface area (Å²) in [4.78, 5) is 6.38. The van der Waals surface area contributed by atoms with Crippen LogP contribution in [0.15, 0.2) is 72.8 Å². The quantitative estimate of drug-likeness (QED) is 0.373. The standard InChI is InChI=1S/C22H19N5O/c1-26(17-6-4-5-16(13-17)15-9-11-18(28)12-10-15)21-19-7-2-3-8-20(19)27(14-23)22(24)25-21/h2-14,23-24,28H,1H3. The third kappa shape index (κ3) is 3.01. The fraction of sp³-hybridized carbons (Fsp3) is 0.0455. The third-order valence-corrected chi connectivity index (χ3v) is 4.73. The molecule has 0 saturated heterocycles. The Balaban J connectivity index is 1.84. The number of hydrogen-bond donors (Lipinski definition) is 3. The van der Waals surface area contributed by atoms with Crippen molar-refractivity contribution in [1.29, 1.82) is 10.8 Å². The molecule has 0 aliphatic carbocycles. The van der Waals surface area contributed by atoms with E-state index in [1.165, 1.54) is 4.57 Å². The first-order valence-corrected chi connectivity index (χ1v) is 8.78. The number of fused-ring (bicyclic) bond motifs is 1. The number of phenolic OH excluding ortho intramolecular Hbond substituents is 1. The molecule has 3 N–H and O–H groups in total. The molecule has 6 heteroatoms. The minimum Gasteiger partial charge on any atom is -0.508 e. The fourth-order valence-corrected chi connectivity index (χ4v) is 3.26. The summed E-state index contributed by atoms with van der Waals surface area (Å²) in [7, 11) is 1.92. The Bertz CT molecular complexity index is 1230. The molecule has 0 atom stereocenters. The zero-order chi connectivity index (χ0) is 19.7.